The van der Waals surface area contributed by atoms with Crippen molar-refractivity contribution in [2.45, 2.75) is 38.8 Å². The molecule has 0 spiro atoms. The molecule has 3 unspecified atom stereocenters. The minimum absolute atomic E-state index is 0.0812. The SMILES string of the molecule is CCC(N)c1ccccc1N1CCC(C)C(O)C1. The average molecular weight is 248 g/mol. The molecule has 2 rings (SSSR count). The zero-order valence-electron chi connectivity index (χ0n) is 11.3. The Morgan fingerprint density at radius 2 is 2.17 bits per heavy atom. The number of aliphatic hydroxyl groups excluding tert-OH is 1. The number of aliphatic hydroxyl groups is 1. The summed E-state index contributed by atoms with van der Waals surface area (Å²) < 4.78 is 0. The smallest absolute Gasteiger partial charge is 0.0741 e. The number of hydrogen-bond donors (Lipinski definition) is 2. The van der Waals surface area contributed by atoms with Crippen molar-refractivity contribution >= 4 is 5.69 Å². The summed E-state index contributed by atoms with van der Waals surface area (Å²) in [5.41, 5.74) is 8.56. The van der Waals surface area contributed by atoms with E-state index in [2.05, 4.69) is 30.9 Å². The normalized spacial score (nSPS) is 26.1. The Bertz CT molecular complexity index is 394. The fraction of sp³-hybridized carbons (Fsp3) is 0.600. The number of benzene rings is 1. The van der Waals surface area contributed by atoms with Gasteiger partial charge >= 0.3 is 0 Å². The Morgan fingerprint density at radius 1 is 1.44 bits per heavy atom. The fourth-order valence-electron chi connectivity index (χ4n) is 2.58. The third-order valence-electron chi connectivity index (χ3n) is 4.04. The standard InChI is InChI=1S/C15H24N2O/c1-3-13(16)12-6-4-5-7-14(12)17-9-8-11(2)15(18)10-17/h4-7,11,13,15,18H,3,8-10,16H2,1-2H3. The molecule has 1 aromatic carbocycles. The molecular formula is C15H24N2O. The molecule has 3 nitrogen and oxygen atoms in total. The predicted molar refractivity (Wildman–Crippen MR) is 75.7 cm³/mol. The van der Waals surface area contributed by atoms with E-state index in [-0.39, 0.29) is 12.1 Å². The maximum absolute atomic E-state index is 10.0. The van der Waals surface area contributed by atoms with Crippen LogP contribution in [0.2, 0.25) is 0 Å². The highest BCUT2D eigenvalue weighted by Crippen LogP contribution is 2.30. The van der Waals surface area contributed by atoms with Crippen LogP contribution in [-0.2, 0) is 0 Å². The number of nitrogens with two attached hydrogens (primary N) is 1. The number of rotatable bonds is 3. The molecule has 100 valence electrons. The highest BCUT2D eigenvalue weighted by atomic mass is 16.3. The van der Waals surface area contributed by atoms with Crippen LogP contribution in [0.25, 0.3) is 0 Å². The van der Waals surface area contributed by atoms with Gasteiger partial charge < -0.3 is 15.7 Å². The molecule has 1 fully saturated rings. The molecule has 18 heavy (non-hydrogen) atoms. The third kappa shape index (κ3) is 2.68. The van der Waals surface area contributed by atoms with E-state index in [4.69, 9.17) is 5.73 Å². The minimum atomic E-state index is -0.232. The lowest BCUT2D eigenvalue weighted by atomic mass is 9.94. The van der Waals surface area contributed by atoms with Gasteiger partial charge in [0.05, 0.1) is 6.10 Å². The number of hydrogen-bond acceptors (Lipinski definition) is 3. The lowest BCUT2D eigenvalue weighted by Crippen LogP contribution is -2.43. The number of piperidine rings is 1. The van der Waals surface area contributed by atoms with Crippen LogP contribution in [0.4, 0.5) is 5.69 Å². The molecule has 3 atom stereocenters. The summed E-state index contributed by atoms with van der Waals surface area (Å²) in [6, 6.07) is 8.39. The quantitative estimate of drug-likeness (QED) is 0.863. The Kier molecular flexibility index (Phi) is 4.25. The van der Waals surface area contributed by atoms with E-state index >= 15 is 0 Å². The number of para-hydroxylation sites is 1. The Hall–Kier alpha value is -1.06. The van der Waals surface area contributed by atoms with E-state index in [0.29, 0.717) is 12.5 Å². The molecular weight excluding hydrogens is 224 g/mol. The monoisotopic (exact) mass is 248 g/mol. The van der Waals surface area contributed by atoms with E-state index in [9.17, 15) is 5.11 Å². The fourth-order valence-corrected chi connectivity index (χ4v) is 2.58. The van der Waals surface area contributed by atoms with Gasteiger partial charge in [0.15, 0.2) is 0 Å². The van der Waals surface area contributed by atoms with Crippen molar-refractivity contribution < 1.29 is 5.11 Å². The molecule has 3 N–H and O–H groups in total. The number of β-amino-alcohol motifs (C(OH)–C–C–N with tert-alkyl or cyclic N) is 1. The topological polar surface area (TPSA) is 49.5 Å². The summed E-state index contributed by atoms with van der Waals surface area (Å²) in [5.74, 6) is 0.397. The number of anilines is 1. The van der Waals surface area contributed by atoms with Crippen molar-refractivity contribution in [1.29, 1.82) is 0 Å². The van der Waals surface area contributed by atoms with Crippen LogP contribution in [-0.4, -0.2) is 24.3 Å². The largest absolute Gasteiger partial charge is 0.391 e. The number of nitrogens with zero attached hydrogens (tertiary/aromatic N) is 1. The van der Waals surface area contributed by atoms with E-state index < -0.39 is 0 Å². The third-order valence-corrected chi connectivity index (χ3v) is 4.04. The first-order valence-electron chi connectivity index (χ1n) is 6.91. The van der Waals surface area contributed by atoms with Crippen molar-refractivity contribution in [3.63, 3.8) is 0 Å². The van der Waals surface area contributed by atoms with Gasteiger partial charge in [-0.05, 0) is 30.4 Å². The molecule has 1 heterocycles. The summed E-state index contributed by atoms with van der Waals surface area (Å²) >= 11 is 0. The summed E-state index contributed by atoms with van der Waals surface area (Å²) in [6.45, 7) is 5.94. The van der Waals surface area contributed by atoms with Gasteiger partial charge in [-0.15, -0.1) is 0 Å². The van der Waals surface area contributed by atoms with E-state index in [0.717, 1.165) is 19.4 Å². The second-order valence-electron chi connectivity index (χ2n) is 5.35. The van der Waals surface area contributed by atoms with E-state index in [1.54, 1.807) is 0 Å². The summed E-state index contributed by atoms with van der Waals surface area (Å²) in [4.78, 5) is 2.27. The van der Waals surface area contributed by atoms with Crippen LogP contribution in [0, 0.1) is 5.92 Å². The van der Waals surface area contributed by atoms with Crippen LogP contribution in [0.15, 0.2) is 24.3 Å². The maximum Gasteiger partial charge on any atom is 0.0741 e. The van der Waals surface area contributed by atoms with E-state index in [1.807, 2.05) is 12.1 Å². The molecule has 3 heteroatoms. The molecule has 0 aliphatic carbocycles. The van der Waals surface area contributed by atoms with Crippen molar-refractivity contribution in [2.75, 3.05) is 18.0 Å². The highest BCUT2D eigenvalue weighted by Gasteiger charge is 2.26. The van der Waals surface area contributed by atoms with Gasteiger partial charge in [-0.3, -0.25) is 0 Å². The van der Waals surface area contributed by atoms with Crippen LogP contribution < -0.4 is 10.6 Å². The predicted octanol–water partition coefficient (Wildman–Crippen LogP) is 2.30. The van der Waals surface area contributed by atoms with E-state index in [1.165, 1.54) is 11.3 Å². The van der Waals surface area contributed by atoms with Crippen molar-refractivity contribution in [3.8, 4) is 0 Å². The maximum atomic E-state index is 10.0. The Balaban J connectivity index is 2.22. The zero-order valence-corrected chi connectivity index (χ0v) is 11.3. The van der Waals surface area contributed by atoms with Gasteiger partial charge in [0.25, 0.3) is 0 Å². The summed E-state index contributed by atoms with van der Waals surface area (Å²) in [6.07, 6.45) is 1.74. The summed E-state index contributed by atoms with van der Waals surface area (Å²) in [7, 11) is 0. The first-order valence-corrected chi connectivity index (χ1v) is 6.91. The second kappa shape index (κ2) is 5.72. The Morgan fingerprint density at radius 3 is 2.83 bits per heavy atom. The van der Waals surface area contributed by atoms with Gasteiger partial charge in [0.2, 0.25) is 0 Å². The average Bonchev–Trinajstić information content (AvgIpc) is 2.41. The van der Waals surface area contributed by atoms with Crippen LogP contribution in [0.3, 0.4) is 0 Å². The minimum Gasteiger partial charge on any atom is -0.391 e. The van der Waals surface area contributed by atoms with Crippen LogP contribution in [0.5, 0.6) is 0 Å². The first kappa shape index (κ1) is 13.4. The summed E-state index contributed by atoms with van der Waals surface area (Å²) in [5, 5.41) is 10.0. The lowest BCUT2D eigenvalue weighted by molar-refractivity contribution is 0.103. The first-order chi connectivity index (χ1) is 8.63. The lowest BCUT2D eigenvalue weighted by Gasteiger charge is -2.37. The van der Waals surface area contributed by atoms with Gasteiger partial charge in [0, 0.05) is 24.8 Å². The van der Waals surface area contributed by atoms with Crippen LogP contribution >= 0.6 is 0 Å². The Labute approximate surface area is 110 Å². The molecule has 1 aliphatic rings. The second-order valence-corrected chi connectivity index (χ2v) is 5.35. The van der Waals surface area contributed by atoms with Crippen LogP contribution in [0.1, 0.15) is 38.3 Å². The molecule has 0 saturated carbocycles. The van der Waals surface area contributed by atoms with Crippen molar-refractivity contribution in [2.24, 2.45) is 11.7 Å². The van der Waals surface area contributed by atoms with Crippen molar-refractivity contribution in [3.05, 3.63) is 29.8 Å². The molecule has 0 radical (unpaired) electrons. The van der Waals surface area contributed by atoms with Gasteiger partial charge in [-0.25, -0.2) is 0 Å². The molecule has 1 aliphatic heterocycles. The highest BCUT2D eigenvalue weighted by molar-refractivity contribution is 5.55. The molecule has 1 saturated heterocycles. The molecule has 0 bridgehead atoms. The zero-order chi connectivity index (χ0) is 13.1. The van der Waals surface area contributed by atoms with Gasteiger partial charge in [-0.2, -0.15) is 0 Å². The molecule has 0 amide bonds. The van der Waals surface area contributed by atoms with Gasteiger partial charge in [0.1, 0.15) is 0 Å². The van der Waals surface area contributed by atoms with Crippen molar-refractivity contribution in [1.82, 2.24) is 0 Å². The molecule has 0 aromatic heterocycles. The van der Waals surface area contributed by atoms with Gasteiger partial charge in [-0.1, -0.05) is 32.0 Å². The molecule has 1 aromatic rings.